The molecule has 0 aliphatic heterocycles. The Morgan fingerprint density at radius 1 is 1.08 bits per heavy atom. The first kappa shape index (κ1) is 13.3. The van der Waals surface area contributed by atoms with Crippen LogP contribution in [0.5, 0.6) is 0 Å². The summed E-state index contributed by atoms with van der Waals surface area (Å²) in [5.41, 5.74) is 0. The van der Waals surface area contributed by atoms with E-state index in [9.17, 15) is 0 Å². The van der Waals surface area contributed by atoms with E-state index in [1.165, 1.54) is 38.5 Å². The van der Waals surface area contributed by atoms with Gasteiger partial charge in [-0.05, 0) is 18.6 Å². The molecule has 0 saturated carbocycles. The van der Waals surface area contributed by atoms with Crippen LogP contribution in [0.2, 0.25) is 0 Å². The molecule has 0 N–H and O–H groups in total. The molecule has 0 aromatic heterocycles. The quantitative estimate of drug-likeness (QED) is 0.445. The van der Waals surface area contributed by atoms with Crippen molar-refractivity contribution >= 4 is 12.6 Å². The minimum atomic E-state index is 0.444. The second-order valence-electron chi connectivity index (χ2n) is 3.57. The van der Waals surface area contributed by atoms with Crippen LogP contribution in [0.15, 0.2) is 0 Å². The second kappa shape index (κ2) is 10.4. The van der Waals surface area contributed by atoms with Crippen molar-refractivity contribution < 1.29 is 4.74 Å². The smallest absolute Gasteiger partial charge is 0.0579 e. The predicted molar refractivity (Wildman–Crippen MR) is 62.6 cm³/mol. The fourth-order valence-corrected chi connectivity index (χ4v) is 1.79. The van der Waals surface area contributed by atoms with Gasteiger partial charge in [0.1, 0.15) is 0 Å². The highest BCUT2D eigenvalue weighted by Crippen LogP contribution is 2.11. The minimum absolute atomic E-state index is 0.444. The molecule has 1 atom stereocenters. The molecular weight excluding hydrogens is 180 g/mol. The molecular formula is C11H24OS. The normalized spacial score (nSPS) is 13.2. The van der Waals surface area contributed by atoms with Gasteiger partial charge in [-0.25, -0.2) is 0 Å². The number of methoxy groups -OCH3 is 1. The average Bonchev–Trinajstić information content (AvgIpc) is 2.16. The fourth-order valence-electron chi connectivity index (χ4n) is 1.50. The van der Waals surface area contributed by atoms with E-state index in [1.54, 1.807) is 7.11 Å². The largest absolute Gasteiger partial charge is 0.381 e. The predicted octanol–water partition coefficient (Wildman–Crippen LogP) is 3.68. The summed E-state index contributed by atoms with van der Waals surface area (Å²) < 4.78 is 5.35. The van der Waals surface area contributed by atoms with E-state index >= 15 is 0 Å². The van der Waals surface area contributed by atoms with Crippen LogP contribution in [-0.2, 0) is 4.74 Å². The molecule has 0 aromatic carbocycles. The van der Waals surface area contributed by atoms with E-state index in [-0.39, 0.29) is 0 Å². The van der Waals surface area contributed by atoms with Crippen LogP contribution in [-0.4, -0.2) is 19.0 Å². The zero-order chi connectivity index (χ0) is 9.94. The molecule has 0 heterocycles. The van der Waals surface area contributed by atoms with Gasteiger partial charge < -0.3 is 4.74 Å². The van der Waals surface area contributed by atoms with Crippen LogP contribution in [0.25, 0.3) is 0 Å². The van der Waals surface area contributed by atoms with Crippen LogP contribution in [0.1, 0.15) is 51.9 Å². The Kier molecular flexibility index (Phi) is 10.6. The zero-order valence-corrected chi connectivity index (χ0v) is 9.98. The molecule has 1 nitrogen and oxygen atoms in total. The number of rotatable bonds is 9. The first-order valence-electron chi connectivity index (χ1n) is 5.48. The summed E-state index contributed by atoms with van der Waals surface area (Å²) in [6, 6.07) is 0. The van der Waals surface area contributed by atoms with Crippen LogP contribution < -0.4 is 0 Å². The molecule has 0 aliphatic rings. The summed E-state index contributed by atoms with van der Waals surface area (Å²) in [5.74, 6) is 0.938. The van der Waals surface area contributed by atoms with E-state index in [1.807, 2.05) is 0 Å². The van der Waals surface area contributed by atoms with Gasteiger partial charge in [0, 0.05) is 7.11 Å². The van der Waals surface area contributed by atoms with Gasteiger partial charge in [-0.2, -0.15) is 12.6 Å². The van der Waals surface area contributed by atoms with Crippen molar-refractivity contribution in [2.75, 3.05) is 12.9 Å². The summed E-state index contributed by atoms with van der Waals surface area (Å²) in [5, 5.41) is 0. The molecule has 0 fully saturated rings. The molecule has 0 aromatic rings. The third-order valence-corrected chi connectivity index (χ3v) is 2.67. The molecule has 1 unspecified atom stereocenters. The summed E-state index contributed by atoms with van der Waals surface area (Å²) in [6.07, 6.45) is 9.50. The van der Waals surface area contributed by atoms with Gasteiger partial charge in [0.05, 0.1) is 6.10 Å². The first-order chi connectivity index (χ1) is 6.35. The lowest BCUT2D eigenvalue weighted by molar-refractivity contribution is 0.0907. The summed E-state index contributed by atoms with van der Waals surface area (Å²) >= 11 is 4.21. The van der Waals surface area contributed by atoms with Crippen molar-refractivity contribution in [2.45, 2.75) is 58.0 Å². The Morgan fingerprint density at radius 2 is 1.77 bits per heavy atom. The zero-order valence-electron chi connectivity index (χ0n) is 9.09. The van der Waals surface area contributed by atoms with Gasteiger partial charge in [0.2, 0.25) is 0 Å². The van der Waals surface area contributed by atoms with Crippen molar-refractivity contribution in [3.05, 3.63) is 0 Å². The second-order valence-corrected chi connectivity index (χ2v) is 4.02. The number of ether oxygens (including phenoxy) is 1. The van der Waals surface area contributed by atoms with Crippen molar-refractivity contribution in [1.82, 2.24) is 0 Å². The van der Waals surface area contributed by atoms with Crippen LogP contribution >= 0.6 is 12.6 Å². The first-order valence-corrected chi connectivity index (χ1v) is 6.12. The Morgan fingerprint density at radius 3 is 2.31 bits per heavy atom. The molecule has 2 heteroatoms. The maximum absolute atomic E-state index is 5.35. The van der Waals surface area contributed by atoms with Gasteiger partial charge >= 0.3 is 0 Å². The monoisotopic (exact) mass is 204 g/mol. The molecule has 0 aliphatic carbocycles. The number of unbranched alkanes of at least 4 members (excludes halogenated alkanes) is 4. The highest BCUT2D eigenvalue weighted by Gasteiger charge is 2.04. The van der Waals surface area contributed by atoms with Crippen LogP contribution in [0.3, 0.4) is 0 Å². The standard InChI is InChI=1S/C11H24OS/c1-3-4-5-6-7-8-11(12-2)9-10-13/h11,13H,3-10H2,1-2H3. The number of hydrogen-bond donors (Lipinski definition) is 1. The third-order valence-electron chi connectivity index (χ3n) is 2.41. The molecule has 0 spiro atoms. The average molecular weight is 204 g/mol. The maximum atomic E-state index is 5.35. The Labute approximate surface area is 88.7 Å². The summed E-state index contributed by atoms with van der Waals surface area (Å²) in [4.78, 5) is 0. The highest BCUT2D eigenvalue weighted by atomic mass is 32.1. The van der Waals surface area contributed by atoms with Crippen molar-refractivity contribution in [3.8, 4) is 0 Å². The van der Waals surface area contributed by atoms with E-state index < -0.39 is 0 Å². The van der Waals surface area contributed by atoms with Gasteiger partial charge in [0.15, 0.2) is 0 Å². The summed E-state index contributed by atoms with van der Waals surface area (Å²) in [6.45, 7) is 2.25. The Hall–Kier alpha value is 0.310. The van der Waals surface area contributed by atoms with Crippen molar-refractivity contribution in [2.24, 2.45) is 0 Å². The SMILES string of the molecule is CCCCCCCC(CCS)OC. The Balaban J connectivity index is 3.17. The van der Waals surface area contributed by atoms with E-state index in [4.69, 9.17) is 4.74 Å². The van der Waals surface area contributed by atoms with Crippen LogP contribution in [0, 0.1) is 0 Å². The highest BCUT2D eigenvalue weighted by molar-refractivity contribution is 7.80. The molecule has 0 saturated heterocycles. The Bertz CT molecular complexity index is 96.1. The van der Waals surface area contributed by atoms with Gasteiger partial charge in [-0.1, -0.05) is 39.0 Å². The molecule has 0 rings (SSSR count). The summed E-state index contributed by atoms with van der Waals surface area (Å²) in [7, 11) is 1.81. The molecule has 80 valence electrons. The lowest BCUT2D eigenvalue weighted by Crippen LogP contribution is -2.10. The molecule has 0 amide bonds. The van der Waals surface area contributed by atoms with Gasteiger partial charge in [0.25, 0.3) is 0 Å². The topological polar surface area (TPSA) is 9.23 Å². The fraction of sp³-hybridized carbons (Fsp3) is 1.00. The number of thiol groups is 1. The molecule has 0 radical (unpaired) electrons. The maximum Gasteiger partial charge on any atom is 0.0579 e. The van der Waals surface area contributed by atoms with Crippen molar-refractivity contribution in [3.63, 3.8) is 0 Å². The van der Waals surface area contributed by atoms with E-state index in [0.717, 1.165) is 12.2 Å². The van der Waals surface area contributed by atoms with Crippen molar-refractivity contribution in [1.29, 1.82) is 0 Å². The number of hydrogen-bond acceptors (Lipinski definition) is 2. The van der Waals surface area contributed by atoms with Gasteiger partial charge in [-0.15, -0.1) is 0 Å². The molecule has 0 bridgehead atoms. The van der Waals surface area contributed by atoms with Crippen LogP contribution in [0.4, 0.5) is 0 Å². The lowest BCUT2D eigenvalue weighted by atomic mass is 10.1. The minimum Gasteiger partial charge on any atom is -0.381 e. The van der Waals surface area contributed by atoms with E-state index in [0.29, 0.717) is 6.10 Å². The lowest BCUT2D eigenvalue weighted by Gasteiger charge is -2.13. The molecule has 13 heavy (non-hydrogen) atoms. The van der Waals surface area contributed by atoms with Gasteiger partial charge in [-0.3, -0.25) is 0 Å². The van der Waals surface area contributed by atoms with E-state index in [2.05, 4.69) is 19.6 Å². The third kappa shape index (κ3) is 8.63.